The van der Waals surface area contributed by atoms with Gasteiger partial charge in [-0.15, -0.1) is 0 Å². The largest absolute Gasteiger partial charge is 0.309 e. The number of carbonyl (C=O) groups excluding carboxylic acids is 1. The number of hydrogen-bond donors (Lipinski definition) is 1. The first-order chi connectivity index (χ1) is 11.6. The van der Waals surface area contributed by atoms with Crippen molar-refractivity contribution in [1.29, 1.82) is 0 Å². The Morgan fingerprint density at radius 2 is 2.17 bits per heavy atom. The zero-order valence-electron chi connectivity index (χ0n) is 13.3. The van der Waals surface area contributed by atoms with Gasteiger partial charge < -0.3 is 5.32 Å². The lowest BCUT2D eigenvalue weighted by atomic mass is 10.2. The number of aryl methyl sites for hydroxylation is 2. The van der Waals surface area contributed by atoms with Crippen molar-refractivity contribution in [1.82, 2.24) is 19.6 Å². The molecule has 0 radical (unpaired) electrons. The molecule has 1 amide bonds. The number of anilines is 1. The number of halogens is 1. The van der Waals surface area contributed by atoms with E-state index in [1.165, 1.54) is 0 Å². The van der Waals surface area contributed by atoms with Crippen molar-refractivity contribution in [3.05, 3.63) is 65.1 Å². The SMILES string of the molecule is Cc1cnn(CCC(=O)Nc2ccn(Cc3cccc(Cl)c3)n2)c1. The lowest BCUT2D eigenvalue weighted by Gasteiger charge is -2.04. The molecule has 24 heavy (non-hydrogen) atoms. The van der Waals surface area contributed by atoms with Crippen LogP contribution in [0.4, 0.5) is 5.82 Å². The number of benzene rings is 1. The number of rotatable bonds is 6. The van der Waals surface area contributed by atoms with E-state index < -0.39 is 0 Å². The summed E-state index contributed by atoms with van der Waals surface area (Å²) >= 11 is 5.98. The summed E-state index contributed by atoms with van der Waals surface area (Å²) in [6.45, 7) is 3.11. The van der Waals surface area contributed by atoms with E-state index in [1.54, 1.807) is 21.6 Å². The fourth-order valence-electron chi connectivity index (χ4n) is 2.35. The molecule has 0 aliphatic heterocycles. The van der Waals surface area contributed by atoms with Crippen molar-refractivity contribution in [2.45, 2.75) is 26.4 Å². The first-order valence-electron chi connectivity index (χ1n) is 7.65. The first kappa shape index (κ1) is 16.3. The Labute approximate surface area is 145 Å². The van der Waals surface area contributed by atoms with Crippen LogP contribution in [0, 0.1) is 6.92 Å². The maximum absolute atomic E-state index is 12.0. The minimum Gasteiger partial charge on any atom is -0.309 e. The topological polar surface area (TPSA) is 64.7 Å². The molecule has 1 aromatic carbocycles. The Morgan fingerprint density at radius 3 is 2.92 bits per heavy atom. The van der Waals surface area contributed by atoms with E-state index in [0.717, 1.165) is 11.1 Å². The monoisotopic (exact) mass is 343 g/mol. The van der Waals surface area contributed by atoms with Crippen LogP contribution in [0.3, 0.4) is 0 Å². The van der Waals surface area contributed by atoms with E-state index in [9.17, 15) is 4.79 Å². The molecule has 0 aliphatic carbocycles. The highest BCUT2D eigenvalue weighted by atomic mass is 35.5. The highest BCUT2D eigenvalue weighted by Crippen LogP contribution is 2.12. The van der Waals surface area contributed by atoms with Crippen molar-refractivity contribution in [3.63, 3.8) is 0 Å². The highest BCUT2D eigenvalue weighted by molar-refractivity contribution is 6.30. The Kier molecular flexibility index (Phi) is 4.96. The van der Waals surface area contributed by atoms with E-state index in [2.05, 4.69) is 15.5 Å². The number of hydrogen-bond acceptors (Lipinski definition) is 3. The molecule has 0 atom stereocenters. The lowest BCUT2D eigenvalue weighted by molar-refractivity contribution is -0.116. The Morgan fingerprint density at radius 1 is 1.29 bits per heavy atom. The third-order valence-electron chi connectivity index (χ3n) is 3.47. The van der Waals surface area contributed by atoms with Crippen LogP contribution in [-0.4, -0.2) is 25.5 Å². The van der Waals surface area contributed by atoms with Crippen LogP contribution < -0.4 is 5.32 Å². The number of aromatic nitrogens is 4. The normalized spacial score (nSPS) is 10.8. The predicted molar refractivity (Wildman–Crippen MR) is 93.0 cm³/mol. The minimum absolute atomic E-state index is 0.0869. The Hall–Kier alpha value is -2.60. The average molecular weight is 344 g/mol. The van der Waals surface area contributed by atoms with Crippen molar-refractivity contribution in [3.8, 4) is 0 Å². The van der Waals surface area contributed by atoms with Crippen LogP contribution in [0.15, 0.2) is 48.9 Å². The number of nitrogens with one attached hydrogen (secondary N) is 1. The van der Waals surface area contributed by atoms with Crippen LogP contribution in [0.25, 0.3) is 0 Å². The fraction of sp³-hybridized carbons (Fsp3) is 0.235. The van der Waals surface area contributed by atoms with Crippen LogP contribution in [-0.2, 0) is 17.9 Å². The van der Waals surface area contributed by atoms with Gasteiger partial charge in [0.15, 0.2) is 5.82 Å². The second-order valence-corrected chi connectivity index (χ2v) is 6.04. The molecule has 0 spiro atoms. The molecule has 0 aliphatic rings. The molecule has 1 N–H and O–H groups in total. The van der Waals surface area contributed by atoms with Gasteiger partial charge in [0.1, 0.15) is 0 Å². The molecule has 2 heterocycles. The summed E-state index contributed by atoms with van der Waals surface area (Å²) in [6, 6.07) is 9.40. The van der Waals surface area contributed by atoms with E-state index in [-0.39, 0.29) is 5.91 Å². The second kappa shape index (κ2) is 7.31. The van der Waals surface area contributed by atoms with Crippen LogP contribution >= 0.6 is 11.6 Å². The summed E-state index contributed by atoms with van der Waals surface area (Å²) in [5.74, 6) is 0.454. The maximum atomic E-state index is 12.0. The first-order valence-corrected chi connectivity index (χ1v) is 8.03. The summed E-state index contributed by atoms with van der Waals surface area (Å²) in [5.41, 5.74) is 2.13. The van der Waals surface area contributed by atoms with Crippen molar-refractivity contribution < 1.29 is 4.79 Å². The summed E-state index contributed by atoms with van der Waals surface area (Å²) in [6.07, 6.45) is 5.86. The van der Waals surface area contributed by atoms with Gasteiger partial charge in [-0.1, -0.05) is 23.7 Å². The standard InChI is InChI=1S/C17H18ClN5O/c1-13-10-19-22(11-13)8-6-17(24)20-16-5-7-23(21-16)12-14-3-2-4-15(18)9-14/h2-5,7,9-11H,6,8,12H2,1H3,(H,20,21,24). The van der Waals surface area contributed by atoms with Gasteiger partial charge >= 0.3 is 0 Å². The average Bonchev–Trinajstić information content (AvgIpc) is 3.14. The van der Waals surface area contributed by atoms with E-state index in [1.807, 2.05) is 43.6 Å². The molecule has 3 aromatic rings. The van der Waals surface area contributed by atoms with E-state index in [4.69, 9.17) is 11.6 Å². The van der Waals surface area contributed by atoms with Gasteiger partial charge in [0.05, 0.1) is 12.7 Å². The number of nitrogens with zero attached hydrogens (tertiary/aromatic N) is 4. The molecule has 0 saturated heterocycles. The van der Waals surface area contributed by atoms with Crippen molar-refractivity contribution in [2.75, 3.05) is 5.32 Å². The van der Waals surface area contributed by atoms with Gasteiger partial charge in [0, 0.05) is 36.4 Å². The molecule has 0 unspecified atom stereocenters. The Bertz CT molecular complexity index is 839. The maximum Gasteiger partial charge on any atom is 0.227 e. The zero-order chi connectivity index (χ0) is 16.9. The predicted octanol–water partition coefficient (Wildman–Crippen LogP) is 3.12. The second-order valence-electron chi connectivity index (χ2n) is 5.61. The summed E-state index contributed by atoms with van der Waals surface area (Å²) < 4.78 is 3.52. The van der Waals surface area contributed by atoms with E-state index in [0.29, 0.717) is 30.4 Å². The molecule has 2 aromatic heterocycles. The molecule has 124 valence electrons. The molecule has 0 fully saturated rings. The third kappa shape index (κ3) is 4.45. The molecule has 6 nitrogen and oxygen atoms in total. The lowest BCUT2D eigenvalue weighted by Crippen LogP contribution is -2.15. The van der Waals surface area contributed by atoms with Gasteiger partial charge in [-0.25, -0.2) is 0 Å². The molecule has 0 saturated carbocycles. The zero-order valence-corrected chi connectivity index (χ0v) is 14.1. The molecular formula is C17H18ClN5O. The van der Waals surface area contributed by atoms with Gasteiger partial charge in [-0.2, -0.15) is 10.2 Å². The van der Waals surface area contributed by atoms with Gasteiger partial charge in [-0.3, -0.25) is 14.2 Å². The third-order valence-corrected chi connectivity index (χ3v) is 3.71. The smallest absolute Gasteiger partial charge is 0.227 e. The van der Waals surface area contributed by atoms with Crippen molar-refractivity contribution in [2.24, 2.45) is 0 Å². The van der Waals surface area contributed by atoms with Gasteiger partial charge in [-0.05, 0) is 30.2 Å². The fourth-order valence-corrected chi connectivity index (χ4v) is 2.56. The summed E-state index contributed by atoms with van der Waals surface area (Å²) in [4.78, 5) is 12.0. The van der Waals surface area contributed by atoms with Gasteiger partial charge in [0.25, 0.3) is 0 Å². The van der Waals surface area contributed by atoms with E-state index >= 15 is 0 Å². The molecule has 0 bridgehead atoms. The molecule has 3 rings (SSSR count). The van der Waals surface area contributed by atoms with Crippen LogP contribution in [0.2, 0.25) is 5.02 Å². The van der Waals surface area contributed by atoms with Crippen LogP contribution in [0.5, 0.6) is 0 Å². The quantitative estimate of drug-likeness (QED) is 0.748. The van der Waals surface area contributed by atoms with Gasteiger partial charge in [0.2, 0.25) is 5.91 Å². The Balaban J connectivity index is 1.52. The summed E-state index contributed by atoms with van der Waals surface area (Å²) in [7, 11) is 0. The van der Waals surface area contributed by atoms with Crippen molar-refractivity contribution >= 4 is 23.3 Å². The summed E-state index contributed by atoms with van der Waals surface area (Å²) in [5, 5.41) is 12.0. The van der Waals surface area contributed by atoms with Crippen LogP contribution in [0.1, 0.15) is 17.5 Å². The molecular weight excluding hydrogens is 326 g/mol. The minimum atomic E-state index is -0.0869. The molecule has 7 heteroatoms. The number of amides is 1. The highest BCUT2D eigenvalue weighted by Gasteiger charge is 2.06. The number of carbonyl (C=O) groups is 1.